The molecule has 28 heavy (non-hydrogen) atoms. The van der Waals surface area contributed by atoms with Gasteiger partial charge in [0.1, 0.15) is 12.4 Å². The standard InChI is InChI=1S/C22H31N3O2S/c1-16-7-6-8-17(2)21(16)27-15-18(3)25(5)14-13-19-9-11-20(12-10-19)28-24-22(26)23-4/h6-12,18H,13-15H2,1-5H3,(H2,23,24,26). The van der Waals surface area contributed by atoms with Gasteiger partial charge in [-0.3, -0.25) is 9.62 Å². The van der Waals surface area contributed by atoms with Gasteiger partial charge in [0, 0.05) is 24.5 Å². The molecule has 2 N–H and O–H groups in total. The lowest BCUT2D eigenvalue weighted by Crippen LogP contribution is -2.35. The number of hydrogen-bond donors (Lipinski definition) is 2. The number of hydrogen-bond acceptors (Lipinski definition) is 4. The third kappa shape index (κ3) is 6.77. The van der Waals surface area contributed by atoms with Crippen molar-refractivity contribution < 1.29 is 9.53 Å². The van der Waals surface area contributed by atoms with E-state index in [1.807, 2.05) is 12.1 Å². The van der Waals surface area contributed by atoms with E-state index in [0.717, 1.165) is 23.6 Å². The second kappa shape index (κ2) is 11.0. The lowest BCUT2D eigenvalue weighted by molar-refractivity contribution is 0.173. The Morgan fingerprint density at radius 2 is 1.79 bits per heavy atom. The van der Waals surface area contributed by atoms with Crippen molar-refractivity contribution in [1.82, 2.24) is 14.9 Å². The van der Waals surface area contributed by atoms with Gasteiger partial charge in [0.2, 0.25) is 0 Å². The van der Waals surface area contributed by atoms with E-state index in [1.165, 1.54) is 28.6 Å². The van der Waals surface area contributed by atoms with Gasteiger partial charge in [-0.05, 0) is 75.0 Å². The highest BCUT2D eigenvalue weighted by molar-refractivity contribution is 7.98. The summed E-state index contributed by atoms with van der Waals surface area (Å²) in [5, 5.41) is 2.53. The molecule has 0 aliphatic carbocycles. The minimum absolute atomic E-state index is 0.201. The van der Waals surface area contributed by atoms with Crippen LogP contribution in [-0.2, 0) is 6.42 Å². The van der Waals surface area contributed by atoms with Crippen LogP contribution in [0.2, 0.25) is 0 Å². The number of carbonyl (C=O) groups excluding carboxylic acids is 1. The normalized spacial score (nSPS) is 11.9. The molecule has 1 atom stereocenters. The van der Waals surface area contributed by atoms with Crippen molar-refractivity contribution in [3.63, 3.8) is 0 Å². The molecule has 0 spiro atoms. The fraction of sp³-hybridized carbons (Fsp3) is 0.409. The molecule has 0 saturated carbocycles. The Balaban J connectivity index is 1.78. The summed E-state index contributed by atoms with van der Waals surface area (Å²) in [6.45, 7) is 7.99. The van der Waals surface area contributed by atoms with Gasteiger partial charge < -0.3 is 10.1 Å². The van der Waals surface area contributed by atoms with Crippen molar-refractivity contribution in [2.45, 2.75) is 38.1 Å². The third-order valence-electron chi connectivity index (χ3n) is 4.80. The molecule has 0 saturated heterocycles. The molecule has 0 bridgehead atoms. The highest BCUT2D eigenvalue weighted by atomic mass is 32.2. The average Bonchev–Trinajstić information content (AvgIpc) is 2.70. The molecule has 2 amide bonds. The number of nitrogens with one attached hydrogen (secondary N) is 2. The summed E-state index contributed by atoms with van der Waals surface area (Å²) in [5.74, 6) is 1.00. The molecule has 0 aromatic heterocycles. The molecule has 0 aliphatic rings. The molecule has 6 heteroatoms. The van der Waals surface area contributed by atoms with Crippen molar-refractivity contribution in [3.8, 4) is 5.75 Å². The minimum atomic E-state index is -0.201. The number of ether oxygens (including phenoxy) is 1. The van der Waals surface area contributed by atoms with Gasteiger partial charge in [0.25, 0.3) is 0 Å². The summed E-state index contributed by atoms with van der Waals surface area (Å²) in [6.07, 6.45) is 0.970. The topological polar surface area (TPSA) is 53.6 Å². The van der Waals surface area contributed by atoms with E-state index in [-0.39, 0.29) is 6.03 Å². The number of aryl methyl sites for hydroxylation is 2. The maximum absolute atomic E-state index is 11.2. The summed E-state index contributed by atoms with van der Waals surface area (Å²) in [6, 6.07) is 14.6. The third-order valence-corrected chi connectivity index (χ3v) is 5.59. The molecule has 2 rings (SSSR count). The van der Waals surface area contributed by atoms with Gasteiger partial charge in [-0.25, -0.2) is 4.79 Å². The Morgan fingerprint density at radius 1 is 1.14 bits per heavy atom. The lowest BCUT2D eigenvalue weighted by atomic mass is 10.1. The molecule has 5 nitrogen and oxygen atoms in total. The van der Waals surface area contributed by atoms with E-state index in [1.54, 1.807) is 7.05 Å². The first-order valence-corrected chi connectivity index (χ1v) is 10.3. The molecule has 0 aliphatic heterocycles. The molecule has 0 radical (unpaired) electrons. The van der Waals surface area contributed by atoms with Crippen LogP contribution in [0.15, 0.2) is 47.4 Å². The van der Waals surface area contributed by atoms with Crippen LogP contribution in [0.5, 0.6) is 5.75 Å². The minimum Gasteiger partial charge on any atom is -0.491 e. The second-order valence-corrected chi connectivity index (χ2v) is 7.92. The van der Waals surface area contributed by atoms with Crippen LogP contribution in [-0.4, -0.2) is 44.2 Å². The summed E-state index contributed by atoms with van der Waals surface area (Å²) < 4.78 is 8.80. The van der Waals surface area contributed by atoms with Gasteiger partial charge in [-0.15, -0.1) is 0 Å². The molecular formula is C22H31N3O2S. The number of carbonyl (C=O) groups is 1. The number of amides is 2. The van der Waals surface area contributed by atoms with Crippen LogP contribution in [0.3, 0.4) is 0 Å². The number of nitrogens with zero attached hydrogens (tertiary/aromatic N) is 1. The average molecular weight is 402 g/mol. The summed E-state index contributed by atoms with van der Waals surface area (Å²) in [4.78, 5) is 14.5. The number of rotatable bonds is 9. The van der Waals surface area contributed by atoms with E-state index in [4.69, 9.17) is 4.74 Å². The van der Waals surface area contributed by atoms with Crippen LogP contribution in [0.4, 0.5) is 4.79 Å². The summed E-state index contributed by atoms with van der Waals surface area (Å²) >= 11 is 1.31. The first-order chi connectivity index (χ1) is 13.4. The molecule has 1 unspecified atom stereocenters. The number of para-hydroxylation sites is 1. The van der Waals surface area contributed by atoms with Crippen molar-refractivity contribution in [2.24, 2.45) is 0 Å². The Morgan fingerprint density at radius 3 is 2.39 bits per heavy atom. The van der Waals surface area contributed by atoms with Crippen LogP contribution in [0.25, 0.3) is 0 Å². The van der Waals surface area contributed by atoms with E-state index >= 15 is 0 Å². The molecule has 0 fully saturated rings. The van der Waals surface area contributed by atoms with Crippen LogP contribution in [0, 0.1) is 13.8 Å². The first-order valence-electron chi connectivity index (χ1n) is 9.53. The van der Waals surface area contributed by atoms with Crippen LogP contribution < -0.4 is 14.8 Å². The highest BCUT2D eigenvalue weighted by Gasteiger charge is 2.12. The highest BCUT2D eigenvalue weighted by Crippen LogP contribution is 2.22. The first kappa shape index (κ1) is 22.1. The SMILES string of the molecule is CNC(=O)NSc1ccc(CCN(C)C(C)COc2c(C)cccc2C)cc1. The maximum Gasteiger partial charge on any atom is 0.324 e. The summed E-state index contributed by atoms with van der Waals surface area (Å²) in [7, 11) is 3.74. The van der Waals surface area contributed by atoms with Crippen molar-refractivity contribution in [3.05, 3.63) is 59.2 Å². The van der Waals surface area contributed by atoms with Crippen molar-refractivity contribution in [1.29, 1.82) is 0 Å². The van der Waals surface area contributed by atoms with Gasteiger partial charge in [0.05, 0.1) is 0 Å². The van der Waals surface area contributed by atoms with E-state index < -0.39 is 0 Å². The zero-order chi connectivity index (χ0) is 20.5. The molecule has 152 valence electrons. The molecule has 2 aromatic carbocycles. The van der Waals surface area contributed by atoms with E-state index in [2.05, 4.69) is 73.1 Å². The van der Waals surface area contributed by atoms with Gasteiger partial charge >= 0.3 is 6.03 Å². The van der Waals surface area contributed by atoms with Gasteiger partial charge in [-0.2, -0.15) is 0 Å². The van der Waals surface area contributed by atoms with E-state index in [0.29, 0.717) is 12.6 Å². The fourth-order valence-corrected chi connectivity index (χ4v) is 3.35. The number of likely N-dealkylation sites (N-methyl/N-ethyl adjacent to an activating group) is 1. The lowest BCUT2D eigenvalue weighted by Gasteiger charge is -2.25. The second-order valence-electron chi connectivity index (χ2n) is 7.04. The predicted molar refractivity (Wildman–Crippen MR) is 117 cm³/mol. The smallest absolute Gasteiger partial charge is 0.324 e. The van der Waals surface area contributed by atoms with Crippen molar-refractivity contribution in [2.75, 3.05) is 27.2 Å². The predicted octanol–water partition coefficient (Wildman–Crippen LogP) is 4.18. The van der Waals surface area contributed by atoms with Gasteiger partial charge in [-0.1, -0.05) is 30.3 Å². The molecular weight excluding hydrogens is 370 g/mol. The molecule has 2 aromatic rings. The Labute approximate surface area is 173 Å². The Bertz CT molecular complexity index is 745. The quantitative estimate of drug-likeness (QED) is 0.619. The zero-order valence-electron chi connectivity index (χ0n) is 17.4. The molecule has 0 heterocycles. The largest absolute Gasteiger partial charge is 0.491 e. The maximum atomic E-state index is 11.2. The monoisotopic (exact) mass is 401 g/mol. The Kier molecular flexibility index (Phi) is 8.67. The summed E-state index contributed by atoms with van der Waals surface area (Å²) in [5.41, 5.74) is 3.64. The van der Waals surface area contributed by atoms with Crippen LogP contribution >= 0.6 is 11.9 Å². The zero-order valence-corrected chi connectivity index (χ0v) is 18.2. The fourth-order valence-electron chi connectivity index (χ4n) is 2.76. The van der Waals surface area contributed by atoms with Crippen molar-refractivity contribution >= 4 is 18.0 Å². The number of urea groups is 1. The van der Waals surface area contributed by atoms with Gasteiger partial charge in [0.15, 0.2) is 0 Å². The number of benzene rings is 2. The van der Waals surface area contributed by atoms with E-state index in [9.17, 15) is 4.79 Å². The van der Waals surface area contributed by atoms with Crippen LogP contribution in [0.1, 0.15) is 23.6 Å². The Hall–Kier alpha value is -2.18.